The molecule has 2 aliphatic rings. The molecule has 0 aromatic carbocycles. The minimum atomic E-state index is 0.540. The molecule has 0 aliphatic heterocycles. The average Bonchev–Trinajstić information content (AvgIpc) is 3.17. The largest absolute Gasteiger partial charge is 0.330 e. The molecule has 3 nitrogen and oxygen atoms in total. The van der Waals surface area contributed by atoms with Crippen LogP contribution < -0.4 is 5.32 Å². The normalized spacial score (nSPS) is 20.5. The number of nitrogens with one attached hydrogen (secondary N) is 1. The highest BCUT2D eigenvalue weighted by Crippen LogP contribution is 2.52. The fourth-order valence-corrected chi connectivity index (χ4v) is 2.76. The van der Waals surface area contributed by atoms with Crippen molar-refractivity contribution in [3.63, 3.8) is 0 Å². The second kappa shape index (κ2) is 4.45. The summed E-state index contributed by atoms with van der Waals surface area (Å²) in [5.41, 5.74) is 1.36. The molecule has 2 fully saturated rings. The summed E-state index contributed by atoms with van der Waals surface area (Å²) in [4.78, 5) is 4.36. The van der Waals surface area contributed by atoms with Crippen LogP contribution >= 0.6 is 0 Å². The zero-order valence-corrected chi connectivity index (χ0v) is 10.9. The Balaban J connectivity index is 1.74. The molecule has 2 aliphatic carbocycles. The van der Waals surface area contributed by atoms with Crippen LogP contribution in [-0.2, 0) is 6.54 Å². The molecule has 1 aromatic rings. The molecule has 3 heteroatoms. The third-order valence-corrected chi connectivity index (χ3v) is 3.97. The van der Waals surface area contributed by atoms with E-state index in [2.05, 4.69) is 35.0 Å². The lowest BCUT2D eigenvalue weighted by atomic mass is 10.1. The minimum Gasteiger partial charge on any atom is -0.330 e. The molecule has 3 rings (SSSR count). The van der Waals surface area contributed by atoms with E-state index in [0.717, 1.165) is 24.4 Å². The molecule has 0 spiro atoms. The van der Waals surface area contributed by atoms with Gasteiger partial charge in [-0.15, -0.1) is 0 Å². The zero-order valence-electron chi connectivity index (χ0n) is 10.9. The molecule has 0 saturated heterocycles. The monoisotopic (exact) mass is 233 g/mol. The molecular formula is C14H23N3. The number of hydrogen-bond acceptors (Lipinski definition) is 2. The third-order valence-electron chi connectivity index (χ3n) is 3.97. The highest BCUT2D eigenvalue weighted by molar-refractivity contribution is 5.06. The Bertz CT molecular complexity index is 363. The number of rotatable bonds is 6. The third kappa shape index (κ3) is 2.54. The summed E-state index contributed by atoms with van der Waals surface area (Å²) in [5.74, 6) is 1.88. The molecule has 94 valence electrons. The quantitative estimate of drug-likeness (QED) is 0.818. The predicted molar refractivity (Wildman–Crippen MR) is 68.7 cm³/mol. The molecule has 0 atom stereocenters. The van der Waals surface area contributed by atoms with Crippen molar-refractivity contribution >= 4 is 0 Å². The molecule has 17 heavy (non-hydrogen) atoms. The lowest BCUT2D eigenvalue weighted by molar-refractivity contribution is 0.379. The lowest BCUT2D eigenvalue weighted by Crippen LogP contribution is -2.25. The maximum Gasteiger partial charge on any atom is 0.0951 e. The summed E-state index contributed by atoms with van der Waals surface area (Å²) < 4.78 is 2.46. The standard InChI is InChI=1S/C14H23N3/c1-10(2)16-8-13-7-15-9-17(13)14(11-3-4-11)12-5-6-12/h7,9-12,14,16H,3-6,8H2,1-2H3. The van der Waals surface area contributed by atoms with Crippen molar-refractivity contribution in [3.8, 4) is 0 Å². The molecule has 1 aromatic heterocycles. The highest BCUT2D eigenvalue weighted by Gasteiger charge is 2.42. The van der Waals surface area contributed by atoms with Gasteiger partial charge < -0.3 is 9.88 Å². The summed E-state index contributed by atoms with van der Waals surface area (Å²) in [6.07, 6.45) is 9.80. The van der Waals surface area contributed by atoms with Crippen molar-refractivity contribution in [1.82, 2.24) is 14.9 Å². The SMILES string of the molecule is CC(C)NCc1cncn1C(C1CC1)C1CC1. The summed E-state index contributed by atoms with van der Waals surface area (Å²) in [5, 5.41) is 3.50. The molecule has 1 heterocycles. The summed E-state index contributed by atoms with van der Waals surface area (Å²) in [7, 11) is 0. The fourth-order valence-electron chi connectivity index (χ4n) is 2.76. The number of imidazole rings is 1. The van der Waals surface area contributed by atoms with Crippen LogP contribution in [0.25, 0.3) is 0 Å². The van der Waals surface area contributed by atoms with E-state index < -0.39 is 0 Å². The lowest BCUT2D eigenvalue weighted by Gasteiger charge is -2.21. The minimum absolute atomic E-state index is 0.540. The Kier molecular flexibility index (Phi) is 2.95. The highest BCUT2D eigenvalue weighted by atomic mass is 15.1. The molecule has 0 amide bonds. The van der Waals surface area contributed by atoms with E-state index in [1.165, 1.54) is 31.4 Å². The van der Waals surface area contributed by atoms with Gasteiger partial charge in [-0.1, -0.05) is 13.8 Å². The van der Waals surface area contributed by atoms with E-state index in [1.54, 1.807) is 0 Å². The first-order valence-corrected chi connectivity index (χ1v) is 7.00. The first kappa shape index (κ1) is 11.3. The topological polar surface area (TPSA) is 29.9 Å². The molecule has 0 unspecified atom stereocenters. The molecule has 0 radical (unpaired) electrons. The Morgan fingerprint density at radius 3 is 2.47 bits per heavy atom. The Labute approximate surface area is 104 Å². The van der Waals surface area contributed by atoms with E-state index in [9.17, 15) is 0 Å². The van der Waals surface area contributed by atoms with Gasteiger partial charge >= 0.3 is 0 Å². The van der Waals surface area contributed by atoms with Gasteiger partial charge in [0.25, 0.3) is 0 Å². The first-order valence-electron chi connectivity index (χ1n) is 7.00. The van der Waals surface area contributed by atoms with Crippen molar-refractivity contribution in [3.05, 3.63) is 18.2 Å². The van der Waals surface area contributed by atoms with Crippen LogP contribution in [0.15, 0.2) is 12.5 Å². The van der Waals surface area contributed by atoms with Gasteiger partial charge in [0.15, 0.2) is 0 Å². The van der Waals surface area contributed by atoms with E-state index in [-0.39, 0.29) is 0 Å². The smallest absolute Gasteiger partial charge is 0.0951 e. The van der Waals surface area contributed by atoms with Crippen molar-refractivity contribution < 1.29 is 0 Å². The van der Waals surface area contributed by atoms with Gasteiger partial charge in [-0.25, -0.2) is 4.98 Å². The van der Waals surface area contributed by atoms with Crippen LogP contribution in [0, 0.1) is 11.8 Å². The number of aromatic nitrogens is 2. The van der Waals surface area contributed by atoms with Crippen molar-refractivity contribution in [1.29, 1.82) is 0 Å². The first-order chi connectivity index (χ1) is 8.25. The van der Waals surface area contributed by atoms with Gasteiger partial charge in [0.1, 0.15) is 0 Å². The van der Waals surface area contributed by atoms with E-state index in [1.807, 2.05) is 6.20 Å². The fraction of sp³-hybridized carbons (Fsp3) is 0.786. The summed E-state index contributed by atoms with van der Waals surface area (Å²) in [6, 6.07) is 1.29. The molecular weight excluding hydrogens is 210 g/mol. The number of nitrogens with zero attached hydrogens (tertiary/aromatic N) is 2. The van der Waals surface area contributed by atoms with Crippen LogP contribution in [0.2, 0.25) is 0 Å². The second-order valence-corrected chi connectivity index (χ2v) is 5.99. The van der Waals surface area contributed by atoms with Crippen LogP contribution in [0.3, 0.4) is 0 Å². The van der Waals surface area contributed by atoms with E-state index in [4.69, 9.17) is 0 Å². The molecule has 2 saturated carbocycles. The van der Waals surface area contributed by atoms with Gasteiger partial charge in [0, 0.05) is 24.8 Å². The summed E-state index contributed by atoms with van der Waals surface area (Å²) >= 11 is 0. The average molecular weight is 233 g/mol. The van der Waals surface area contributed by atoms with Gasteiger partial charge in [0.2, 0.25) is 0 Å². The predicted octanol–water partition coefficient (Wildman–Crippen LogP) is 2.74. The maximum absolute atomic E-state index is 4.36. The van der Waals surface area contributed by atoms with Gasteiger partial charge in [-0.2, -0.15) is 0 Å². The van der Waals surface area contributed by atoms with Crippen LogP contribution in [-0.4, -0.2) is 15.6 Å². The van der Waals surface area contributed by atoms with Gasteiger partial charge in [-0.3, -0.25) is 0 Å². The maximum atomic E-state index is 4.36. The van der Waals surface area contributed by atoms with Crippen molar-refractivity contribution in [2.45, 2.75) is 58.2 Å². The van der Waals surface area contributed by atoms with Crippen molar-refractivity contribution in [2.75, 3.05) is 0 Å². The van der Waals surface area contributed by atoms with Crippen molar-refractivity contribution in [2.24, 2.45) is 11.8 Å². The van der Waals surface area contributed by atoms with Crippen LogP contribution in [0.5, 0.6) is 0 Å². The van der Waals surface area contributed by atoms with Crippen LogP contribution in [0.1, 0.15) is 51.3 Å². The Hall–Kier alpha value is -0.830. The molecule has 0 bridgehead atoms. The van der Waals surface area contributed by atoms with E-state index >= 15 is 0 Å². The Morgan fingerprint density at radius 1 is 1.29 bits per heavy atom. The summed E-state index contributed by atoms with van der Waals surface area (Å²) in [6.45, 7) is 5.34. The molecule has 1 N–H and O–H groups in total. The van der Waals surface area contributed by atoms with Gasteiger partial charge in [-0.05, 0) is 37.5 Å². The Morgan fingerprint density at radius 2 is 1.94 bits per heavy atom. The van der Waals surface area contributed by atoms with Crippen LogP contribution in [0.4, 0.5) is 0 Å². The second-order valence-electron chi connectivity index (χ2n) is 5.99. The zero-order chi connectivity index (χ0) is 11.8. The number of hydrogen-bond donors (Lipinski definition) is 1. The van der Waals surface area contributed by atoms with E-state index in [0.29, 0.717) is 6.04 Å². The van der Waals surface area contributed by atoms with Gasteiger partial charge in [0.05, 0.1) is 12.0 Å².